The maximum absolute atomic E-state index is 11.6. The third-order valence-corrected chi connectivity index (χ3v) is 1.97. The monoisotopic (exact) mass is 218 g/mol. The molecule has 0 aliphatic rings. The quantitative estimate of drug-likeness (QED) is 0.697. The Bertz CT molecular complexity index is 481. The number of aromatic nitrogens is 3. The summed E-state index contributed by atoms with van der Waals surface area (Å²) < 4.78 is 0. The Morgan fingerprint density at radius 3 is 3.00 bits per heavy atom. The molecule has 0 aliphatic heterocycles. The number of nitrogens with zero attached hydrogens (tertiary/aromatic N) is 2. The van der Waals surface area contributed by atoms with Crippen LogP contribution in [0.15, 0.2) is 30.7 Å². The molecule has 0 saturated heterocycles. The summed E-state index contributed by atoms with van der Waals surface area (Å²) in [6.07, 6.45) is 4.71. The molecule has 0 spiro atoms. The minimum absolute atomic E-state index is 0.00839. The Kier molecular flexibility index (Phi) is 2.81. The summed E-state index contributed by atoms with van der Waals surface area (Å²) in [4.78, 5) is 22.2. The molecule has 2 heterocycles. The molecule has 0 bridgehead atoms. The molecule has 0 unspecified atom stereocenters. The van der Waals surface area contributed by atoms with Crippen molar-refractivity contribution in [3.05, 3.63) is 42.2 Å². The third-order valence-electron chi connectivity index (χ3n) is 1.97. The van der Waals surface area contributed by atoms with Gasteiger partial charge in [0, 0.05) is 18.6 Å². The Morgan fingerprint density at radius 1 is 1.44 bits per heavy atom. The molecule has 6 heteroatoms. The second-order valence-corrected chi connectivity index (χ2v) is 3.09. The van der Waals surface area contributed by atoms with Crippen molar-refractivity contribution in [2.24, 2.45) is 0 Å². The molecular weight excluding hydrogens is 208 g/mol. The van der Waals surface area contributed by atoms with Crippen LogP contribution in [0.5, 0.6) is 5.75 Å². The highest BCUT2D eigenvalue weighted by molar-refractivity contribution is 5.94. The number of hydrogen-bond acceptors (Lipinski definition) is 4. The summed E-state index contributed by atoms with van der Waals surface area (Å²) >= 11 is 0. The highest BCUT2D eigenvalue weighted by Crippen LogP contribution is 2.11. The van der Waals surface area contributed by atoms with Gasteiger partial charge in [0.1, 0.15) is 11.6 Å². The molecule has 2 aromatic rings. The van der Waals surface area contributed by atoms with Gasteiger partial charge in [-0.2, -0.15) is 0 Å². The van der Waals surface area contributed by atoms with E-state index in [1.807, 2.05) is 0 Å². The zero-order valence-electron chi connectivity index (χ0n) is 8.34. The van der Waals surface area contributed by atoms with E-state index in [-0.39, 0.29) is 18.0 Å². The number of aromatic amines is 1. The summed E-state index contributed by atoms with van der Waals surface area (Å²) in [5.41, 5.74) is 0.00839. The van der Waals surface area contributed by atoms with Gasteiger partial charge in [0.2, 0.25) is 0 Å². The number of amides is 1. The van der Waals surface area contributed by atoms with E-state index in [2.05, 4.69) is 20.3 Å². The van der Waals surface area contributed by atoms with Crippen LogP contribution in [0.2, 0.25) is 0 Å². The summed E-state index contributed by atoms with van der Waals surface area (Å²) in [6, 6.07) is 2.97. The lowest BCUT2D eigenvalue weighted by Gasteiger charge is -2.03. The number of hydrogen-bond donors (Lipinski definition) is 3. The fourth-order valence-corrected chi connectivity index (χ4v) is 1.21. The first kappa shape index (κ1) is 10.2. The van der Waals surface area contributed by atoms with Gasteiger partial charge in [-0.1, -0.05) is 0 Å². The van der Waals surface area contributed by atoms with E-state index >= 15 is 0 Å². The number of imidazole rings is 1. The van der Waals surface area contributed by atoms with E-state index in [0.29, 0.717) is 5.82 Å². The number of carbonyl (C=O) groups excluding carboxylic acids is 1. The number of pyridine rings is 1. The highest BCUT2D eigenvalue weighted by Gasteiger charge is 2.11. The van der Waals surface area contributed by atoms with Gasteiger partial charge < -0.3 is 15.4 Å². The summed E-state index contributed by atoms with van der Waals surface area (Å²) in [5.74, 6) is 0.0673. The molecule has 16 heavy (non-hydrogen) atoms. The van der Waals surface area contributed by atoms with Gasteiger partial charge in [0.05, 0.1) is 6.54 Å². The van der Waals surface area contributed by atoms with Crippen molar-refractivity contribution in [1.29, 1.82) is 0 Å². The molecule has 2 aromatic heterocycles. The van der Waals surface area contributed by atoms with Crippen LogP contribution in [0.4, 0.5) is 0 Å². The minimum atomic E-state index is -0.436. The maximum Gasteiger partial charge on any atom is 0.274 e. The fourth-order valence-electron chi connectivity index (χ4n) is 1.21. The summed E-state index contributed by atoms with van der Waals surface area (Å²) in [6.45, 7) is 0.266. The van der Waals surface area contributed by atoms with Crippen molar-refractivity contribution < 1.29 is 9.90 Å². The predicted molar refractivity (Wildman–Crippen MR) is 55.7 cm³/mol. The van der Waals surface area contributed by atoms with Crippen LogP contribution in [0.3, 0.4) is 0 Å². The molecule has 0 saturated carbocycles. The number of H-pyrrole nitrogens is 1. The van der Waals surface area contributed by atoms with E-state index in [4.69, 9.17) is 0 Å². The first-order valence-electron chi connectivity index (χ1n) is 4.68. The van der Waals surface area contributed by atoms with E-state index in [0.717, 1.165) is 0 Å². The minimum Gasteiger partial charge on any atom is -0.505 e. The van der Waals surface area contributed by atoms with Gasteiger partial charge in [-0.3, -0.25) is 4.79 Å². The van der Waals surface area contributed by atoms with E-state index < -0.39 is 5.91 Å². The predicted octanol–water partition coefficient (Wildman–Crippen LogP) is 0.440. The molecule has 6 nitrogen and oxygen atoms in total. The van der Waals surface area contributed by atoms with Gasteiger partial charge in [-0.15, -0.1) is 0 Å². The Balaban J connectivity index is 2.01. The lowest BCUT2D eigenvalue weighted by Crippen LogP contribution is -2.24. The largest absolute Gasteiger partial charge is 0.505 e. The third kappa shape index (κ3) is 2.17. The summed E-state index contributed by atoms with van der Waals surface area (Å²) in [7, 11) is 0. The van der Waals surface area contributed by atoms with Crippen molar-refractivity contribution in [1.82, 2.24) is 20.3 Å². The van der Waals surface area contributed by atoms with E-state index in [1.54, 1.807) is 18.5 Å². The number of rotatable bonds is 3. The molecule has 3 N–H and O–H groups in total. The molecule has 0 radical (unpaired) electrons. The van der Waals surface area contributed by atoms with Crippen LogP contribution in [-0.4, -0.2) is 26.0 Å². The van der Waals surface area contributed by atoms with Gasteiger partial charge in [0.15, 0.2) is 5.69 Å². The Hall–Kier alpha value is -2.37. The first-order valence-corrected chi connectivity index (χ1v) is 4.68. The second kappa shape index (κ2) is 4.43. The maximum atomic E-state index is 11.6. The molecule has 0 fully saturated rings. The lowest BCUT2D eigenvalue weighted by molar-refractivity contribution is 0.0942. The lowest BCUT2D eigenvalue weighted by atomic mass is 10.3. The fraction of sp³-hybridized carbons (Fsp3) is 0.100. The molecule has 0 atom stereocenters. The second-order valence-electron chi connectivity index (χ2n) is 3.09. The molecule has 0 aliphatic carbocycles. The zero-order chi connectivity index (χ0) is 11.4. The zero-order valence-corrected chi connectivity index (χ0v) is 8.34. The van der Waals surface area contributed by atoms with E-state index in [9.17, 15) is 9.90 Å². The summed E-state index contributed by atoms with van der Waals surface area (Å²) in [5, 5.41) is 12.0. The SMILES string of the molecule is O=C(NCc1ncc[nH]1)c1ncccc1O. The van der Waals surface area contributed by atoms with Gasteiger partial charge in [-0.05, 0) is 12.1 Å². The number of nitrogens with one attached hydrogen (secondary N) is 2. The molecule has 1 amide bonds. The Morgan fingerprint density at radius 2 is 2.31 bits per heavy atom. The van der Waals surface area contributed by atoms with Crippen LogP contribution in [0.1, 0.15) is 16.3 Å². The van der Waals surface area contributed by atoms with Crippen molar-refractivity contribution >= 4 is 5.91 Å². The van der Waals surface area contributed by atoms with Crippen LogP contribution < -0.4 is 5.32 Å². The number of carbonyl (C=O) groups is 1. The highest BCUT2D eigenvalue weighted by atomic mass is 16.3. The van der Waals surface area contributed by atoms with Crippen molar-refractivity contribution in [2.75, 3.05) is 0 Å². The van der Waals surface area contributed by atoms with Crippen molar-refractivity contribution in [3.63, 3.8) is 0 Å². The Labute approximate surface area is 91.4 Å². The van der Waals surface area contributed by atoms with Gasteiger partial charge in [0.25, 0.3) is 5.91 Å². The normalized spacial score (nSPS) is 10.0. The van der Waals surface area contributed by atoms with Crippen LogP contribution in [-0.2, 0) is 6.54 Å². The number of aromatic hydroxyl groups is 1. The standard InChI is InChI=1S/C10H10N4O2/c15-7-2-1-3-13-9(7)10(16)14-6-8-11-4-5-12-8/h1-5,15H,6H2,(H,11,12)(H,14,16). The topological polar surface area (TPSA) is 90.9 Å². The van der Waals surface area contributed by atoms with Gasteiger partial charge >= 0.3 is 0 Å². The smallest absolute Gasteiger partial charge is 0.274 e. The molecule has 2 rings (SSSR count). The van der Waals surface area contributed by atoms with Crippen molar-refractivity contribution in [3.8, 4) is 5.75 Å². The molecule has 82 valence electrons. The average Bonchev–Trinajstić information content (AvgIpc) is 2.79. The van der Waals surface area contributed by atoms with Crippen LogP contribution in [0.25, 0.3) is 0 Å². The average molecular weight is 218 g/mol. The van der Waals surface area contributed by atoms with E-state index in [1.165, 1.54) is 12.3 Å². The van der Waals surface area contributed by atoms with Crippen molar-refractivity contribution in [2.45, 2.75) is 6.54 Å². The molecule has 0 aromatic carbocycles. The van der Waals surface area contributed by atoms with Crippen LogP contribution >= 0.6 is 0 Å². The molecular formula is C10H10N4O2. The van der Waals surface area contributed by atoms with Gasteiger partial charge in [-0.25, -0.2) is 9.97 Å². The van der Waals surface area contributed by atoms with Crippen LogP contribution in [0, 0.1) is 0 Å². The first-order chi connectivity index (χ1) is 7.77.